The predicted molar refractivity (Wildman–Crippen MR) is 117 cm³/mol. The molecule has 0 saturated carbocycles. The molecule has 0 aromatic heterocycles. The van der Waals surface area contributed by atoms with Gasteiger partial charge in [0.15, 0.2) is 17.5 Å². The normalized spacial score (nSPS) is 15.1. The molecule has 1 heterocycles. The summed E-state index contributed by atoms with van der Waals surface area (Å²) < 4.78 is 15.9. The molecule has 9 nitrogen and oxygen atoms in total. The van der Waals surface area contributed by atoms with Crippen molar-refractivity contribution in [3.8, 4) is 11.5 Å². The van der Waals surface area contributed by atoms with Crippen LogP contribution in [0.1, 0.15) is 12.5 Å². The molecule has 9 heteroatoms. The molecule has 0 radical (unpaired) electrons. The van der Waals surface area contributed by atoms with Gasteiger partial charge in [0.25, 0.3) is 0 Å². The summed E-state index contributed by atoms with van der Waals surface area (Å²) in [6.45, 7) is 7.93. The van der Waals surface area contributed by atoms with Gasteiger partial charge in [0.05, 0.1) is 26.9 Å². The molecule has 0 spiro atoms. The Labute approximate surface area is 179 Å². The highest BCUT2D eigenvalue weighted by Gasteiger charge is 2.21. The van der Waals surface area contributed by atoms with E-state index < -0.39 is 0 Å². The maximum atomic E-state index is 12.0. The number of hydrogen-bond donors (Lipinski definition) is 2. The van der Waals surface area contributed by atoms with Crippen molar-refractivity contribution in [2.24, 2.45) is 4.99 Å². The van der Waals surface area contributed by atoms with Crippen molar-refractivity contribution in [2.45, 2.75) is 13.5 Å². The van der Waals surface area contributed by atoms with E-state index in [4.69, 9.17) is 14.2 Å². The molecule has 30 heavy (non-hydrogen) atoms. The van der Waals surface area contributed by atoms with Crippen molar-refractivity contribution >= 4 is 11.9 Å². The summed E-state index contributed by atoms with van der Waals surface area (Å²) in [4.78, 5) is 20.7. The number of methoxy groups -OCH3 is 2. The molecule has 1 saturated heterocycles. The van der Waals surface area contributed by atoms with Gasteiger partial charge in [-0.05, 0) is 24.6 Å². The number of carbonyl (C=O) groups excluding carboxylic acids is 1. The summed E-state index contributed by atoms with van der Waals surface area (Å²) in [5, 5.41) is 6.28. The predicted octanol–water partition coefficient (Wildman–Crippen LogP) is 0.550. The summed E-state index contributed by atoms with van der Waals surface area (Å²) in [6, 6.07) is 5.92. The molecule has 1 aliphatic heterocycles. The van der Waals surface area contributed by atoms with Crippen molar-refractivity contribution < 1.29 is 19.0 Å². The largest absolute Gasteiger partial charge is 0.493 e. The lowest BCUT2D eigenvalue weighted by atomic mass is 10.2. The number of piperazine rings is 1. The second-order valence-corrected chi connectivity index (χ2v) is 6.92. The van der Waals surface area contributed by atoms with E-state index in [1.165, 1.54) is 0 Å². The lowest BCUT2D eigenvalue weighted by Gasteiger charge is -2.36. The molecule has 2 rings (SSSR count). The minimum Gasteiger partial charge on any atom is -0.493 e. The Balaban J connectivity index is 1.81. The molecule has 1 aromatic carbocycles. The average molecular weight is 422 g/mol. The van der Waals surface area contributed by atoms with Gasteiger partial charge in [-0.2, -0.15) is 0 Å². The summed E-state index contributed by atoms with van der Waals surface area (Å²) in [5.41, 5.74) is 1.09. The second-order valence-electron chi connectivity index (χ2n) is 6.92. The van der Waals surface area contributed by atoms with Gasteiger partial charge in [0.1, 0.15) is 0 Å². The first-order valence-corrected chi connectivity index (χ1v) is 10.3. The number of nitrogens with one attached hydrogen (secondary N) is 2. The van der Waals surface area contributed by atoms with Crippen molar-refractivity contribution in [3.05, 3.63) is 23.8 Å². The molecule has 1 aliphatic rings. The Kier molecular flexibility index (Phi) is 10.2. The average Bonchev–Trinajstić information content (AvgIpc) is 2.76. The van der Waals surface area contributed by atoms with Crippen LogP contribution in [0.25, 0.3) is 0 Å². The minimum atomic E-state index is 0.0348. The SMILES string of the molecule is CCOc1cc(CNC(=NC)N2CCN(CC(=O)NCCOC)CC2)ccc1OC. The van der Waals surface area contributed by atoms with E-state index in [2.05, 4.69) is 25.4 Å². The fourth-order valence-electron chi connectivity index (χ4n) is 3.28. The zero-order valence-corrected chi connectivity index (χ0v) is 18.6. The number of ether oxygens (including phenoxy) is 3. The molecule has 0 bridgehead atoms. The maximum Gasteiger partial charge on any atom is 0.234 e. The van der Waals surface area contributed by atoms with Crippen LogP contribution in [0.2, 0.25) is 0 Å². The quantitative estimate of drug-likeness (QED) is 0.324. The van der Waals surface area contributed by atoms with Crippen LogP contribution in [0.5, 0.6) is 11.5 Å². The summed E-state index contributed by atoms with van der Waals surface area (Å²) in [6.07, 6.45) is 0. The number of hydrogen-bond acceptors (Lipinski definition) is 6. The standard InChI is InChI=1S/C21H35N5O4/c1-5-30-19-14-17(6-7-18(19)29-4)15-24-21(22-2)26-11-9-25(10-12-26)16-20(27)23-8-13-28-3/h6-7,14H,5,8-13,15-16H2,1-4H3,(H,22,24)(H,23,27). The van der Waals surface area contributed by atoms with Crippen LogP contribution in [0.3, 0.4) is 0 Å². The Morgan fingerprint density at radius 3 is 2.53 bits per heavy atom. The van der Waals surface area contributed by atoms with Crippen LogP contribution < -0.4 is 20.1 Å². The molecule has 0 unspecified atom stereocenters. The van der Waals surface area contributed by atoms with Gasteiger partial charge in [-0.3, -0.25) is 14.7 Å². The Morgan fingerprint density at radius 2 is 1.90 bits per heavy atom. The minimum absolute atomic E-state index is 0.0348. The van der Waals surface area contributed by atoms with Crippen molar-refractivity contribution in [2.75, 3.05) is 73.7 Å². The molecule has 0 atom stereocenters. The van der Waals surface area contributed by atoms with Crippen LogP contribution in [0.4, 0.5) is 0 Å². The lowest BCUT2D eigenvalue weighted by Crippen LogP contribution is -2.54. The van der Waals surface area contributed by atoms with E-state index in [1.54, 1.807) is 21.3 Å². The zero-order chi connectivity index (χ0) is 21.8. The summed E-state index contributed by atoms with van der Waals surface area (Å²) in [7, 11) is 5.05. The van der Waals surface area contributed by atoms with Crippen molar-refractivity contribution in [1.29, 1.82) is 0 Å². The topological polar surface area (TPSA) is 87.7 Å². The van der Waals surface area contributed by atoms with E-state index in [1.807, 2.05) is 25.1 Å². The molecule has 0 aliphatic carbocycles. The third-order valence-electron chi connectivity index (χ3n) is 4.86. The molecular formula is C21H35N5O4. The van der Waals surface area contributed by atoms with Crippen molar-refractivity contribution in [3.63, 3.8) is 0 Å². The Bertz CT molecular complexity index is 690. The Hall–Kier alpha value is -2.52. The first-order valence-electron chi connectivity index (χ1n) is 10.3. The highest BCUT2D eigenvalue weighted by Crippen LogP contribution is 2.28. The highest BCUT2D eigenvalue weighted by molar-refractivity contribution is 5.80. The number of carbonyl (C=O) groups is 1. The fourth-order valence-corrected chi connectivity index (χ4v) is 3.28. The van der Waals surface area contributed by atoms with E-state index >= 15 is 0 Å². The molecule has 1 fully saturated rings. The van der Waals surface area contributed by atoms with Gasteiger partial charge in [0.2, 0.25) is 5.91 Å². The van der Waals surface area contributed by atoms with E-state index in [-0.39, 0.29) is 5.91 Å². The maximum absolute atomic E-state index is 12.0. The van der Waals surface area contributed by atoms with Crippen LogP contribution in [0.15, 0.2) is 23.2 Å². The smallest absolute Gasteiger partial charge is 0.234 e. The third kappa shape index (κ3) is 7.38. The van der Waals surface area contributed by atoms with E-state index in [9.17, 15) is 4.79 Å². The zero-order valence-electron chi connectivity index (χ0n) is 18.6. The number of guanidine groups is 1. The monoisotopic (exact) mass is 421 g/mol. The highest BCUT2D eigenvalue weighted by atomic mass is 16.5. The van der Waals surface area contributed by atoms with Crippen LogP contribution in [-0.2, 0) is 16.1 Å². The molecule has 2 N–H and O–H groups in total. The molecular weight excluding hydrogens is 386 g/mol. The van der Waals surface area contributed by atoms with Gasteiger partial charge < -0.3 is 29.7 Å². The number of amides is 1. The van der Waals surface area contributed by atoms with Gasteiger partial charge >= 0.3 is 0 Å². The molecule has 1 aromatic rings. The second kappa shape index (κ2) is 12.9. The number of benzene rings is 1. The van der Waals surface area contributed by atoms with Gasteiger partial charge in [-0.1, -0.05) is 6.07 Å². The first kappa shape index (κ1) is 23.8. The third-order valence-corrected chi connectivity index (χ3v) is 4.86. The number of nitrogens with zero attached hydrogens (tertiary/aromatic N) is 3. The van der Waals surface area contributed by atoms with Gasteiger partial charge in [-0.15, -0.1) is 0 Å². The van der Waals surface area contributed by atoms with E-state index in [0.29, 0.717) is 32.8 Å². The van der Waals surface area contributed by atoms with Gasteiger partial charge in [-0.25, -0.2) is 0 Å². The van der Waals surface area contributed by atoms with E-state index in [0.717, 1.165) is 49.2 Å². The summed E-state index contributed by atoms with van der Waals surface area (Å²) in [5.74, 6) is 2.36. The fraction of sp³-hybridized carbons (Fsp3) is 0.619. The number of rotatable bonds is 10. The Morgan fingerprint density at radius 1 is 1.13 bits per heavy atom. The summed E-state index contributed by atoms with van der Waals surface area (Å²) >= 11 is 0. The van der Waals surface area contributed by atoms with Crippen molar-refractivity contribution in [1.82, 2.24) is 20.4 Å². The van der Waals surface area contributed by atoms with Crippen LogP contribution >= 0.6 is 0 Å². The lowest BCUT2D eigenvalue weighted by molar-refractivity contribution is -0.122. The van der Waals surface area contributed by atoms with Gasteiger partial charge in [0, 0.05) is 53.4 Å². The van der Waals surface area contributed by atoms with Crippen LogP contribution in [-0.4, -0.2) is 95.4 Å². The number of aliphatic imine (C=N–C) groups is 1. The molecule has 1 amide bonds. The first-order chi connectivity index (χ1) is 14.6. The molecule has 168 valence electrons. The van der Waals surface area contributed by atoms with Crippen LogP contribution in [0, 0.1) is 0 Å².